The van der Waals surface area contributed by atoms with Crippen molar-refractivity contribution in [2.45, 2.75) is 71.8 Å². The van der Waals surface area contributed by atoms with Crippen molar-refractivity contribution in [2.75, 3.05) is 17.6 Å². The van der Waals surface area contributed by atoms with E-state index in [2.05, 4.69) is 15.6 Å². The quantitative estimate of drug-likeness (QED) is 0.247. The number of carbonyl (C=O) groups is 2. The third-order valence-electron chi connectivity index (χ3n) is 4.01. The first kappa shape index (κ1) is 24.6. The Hall–Kier alpha value is -1.43. The zero-order valence-corrected chi connectivity index (χ0v) is 19.2. The minimum absolute atomic E-state index is 0.108. The molecular formula is C18H31IN4O5. The molecule has 0 aromatic carbocycles. The number of esters is 1. The molecule has 1 atom stereocenters. The molecule has 28 heavy (non-hydrogen) atoms. The molecule has 1 N–H and O–H groups in total. The summed E-state index contributed by atoms with van der Waals surface area (Å²) < 4.78 is 18.2. The number of halogens is 1. The zero-order chi connectivity index (χ0) is 21.0. The van der Waals surface area contributed by atoms with Crippen molar-refractivity contribution >= 4 is 34.7 Å². The van der Waals surface area contributed by atoms with Gasteiger partial charge in [0.25, 0.3) is 0 Å². The van der Waals surface area contributed by atoms with Crippen molar-refractivity contribution in [3.05, 3.63) is 11.9 Å². The summed E-state index contributed by atoms with van der Waals surface area (Å²) in [6, 6.07) is 0. The van der Waals surface area contributed by atoms with E-state index in [1.54, 1.807) is 17.8 Å². The molecule has 10 heteroatoms. The molecule has 1 aromatic rings. The van der Waals surface area contributed by atoms with Crippen LogP contribution < -0.4 is 5.32 Å². The third kappa shape index (κ3) is 10.2. The number of carbonyl (C=O) groups excluding carboxylic acids is 2. The highest BCUT2D eigenvalue weighted by Gasteiger charge is 2.20. The third-order valence-corrected chi connectivity index (χ3v) is 4.64. The number of hydrogen-bond acceptors (Lipinski definition) is 7. The summed E-state index contributed by atoms with van der Waals surface area (Å²) in [5.74, 6) is -0.189. The molecule has 0 aliphatic heterocycles. The number of alkyl halides is 1. The Morgan fingerprint density at radius 3 is 2.75 bits per heavy atom. The van der Waals surface area contributed by atoms with Crippen LogP contribution in [0.4, 0.5) is 4.79 Å². The molecule has 0 aliphatic carbocycles. The van der Waals surface area contributed by atoms with Gasteiger partial charge < -0.3 is 19.5 Å². The number of nitrogens with zero attached hydrogens (tertiary/aromatic N) is 3. The van der Waals surface area contributed by atoms with E-state index >= 15 is 0 Å². The highest BCUT2D eigenvalue weighted by Crippen LogP contribution is 2.17. The average molecular weight is 510 g/mol. The summed E-state index contributed by atoms with van der Waals surface area (Å²) in [6.45, 7) is 9.54. The minimum Gasteiger partial charge on any atom is -0.462 e. The van der Waals surface area contributed by atoms with E-state index < -0.39 is 6.09 Å². The molecular weight excluding hydrogens is 479 g/mol. The lowest BCUT2D eigenvalue weighted by atomic mass is 10.1. The number of aryl methyl sites for hydroxylation is 1. The van der Waals surface area contributed by atoms with Crippen molar-refractivity contribution < 1.29 is 23.8 Å². The number of hydrogen-bond donors (Lipinski definition) is 1. The smallest absolute Gasteiger partial charge is 0.407 e. The topological polar surface area (TPSA) is 105 Å². The normalized spacial score (nSPS) is 12.5. The highest BCUT2D eigenvalue weighted by molar-refractivity contribution is 14.1. The molecule has 0 fully saturated rings. The van der Waals surface area contributed by atoms with Crippen LogP contribution in [0.1, 0.15) is 52.7 Å². The Bertz CT molecular complexity index is 609. The monoisotopic (exact) mass is 510 g/mol. The molecule has 9 nitrogen and oxygen atoms in total. The summed E-state index contributed by atoms with van der Waals surface area (Å²) in [5.41, 5.74) is 0.315. The molecule has 1 aromatic heterocycles. The fraction of sp³-hybridized carbons (Fsp3) is 0.778. The van der Waals surface area contributed by atoms with Crippen LogP contribution in [0.2, 0.25) is 0 Å². The molecule has 0 spiro atoms. The fourth-order valence-corrected chi connectivity index (χ4v) is 2.54. The van der Waals surface area contributed by atoms with Crippen LogP contribution in [-0.4, -0.2) is 56.4 Å². The lowest BCUT2D eigenvalue weighted by molar-refractivity contribution is -0.147. The Morgan fingerprint density at radius 1 is 1.36 bits per heavy atom. The van der Waals surface area contributed by atoms with Crippen molar-refractivity contribution in [1.29, 1.82) is 0 Å². The van der Waals surface area contributed by atoms with Crippen LogP contribution in [-0.2, 0) is 32.1 Å². The maximum absolute atomic E-state index is 11.4. The van der Waals surface area contributed by atoms with Crippen LogP contribution in [0, 0.1) is 0 Å². The molecule has 160 valence electrons. The molecule has 1 rings (SSSR count). The second kappa shape index (κ2) is 12.9. The summed E-state index contributed by atoms with van der Waals surface area (Å²) in [7, 11) is 0. The van der Waals surface area contributed by atoms with Gasteiger partial charge in [-0.25, -0.2) is 4.79 Å². The number of rotatable bonds is 13. The molecule has 0 bridgehead atoms. The van der Waals surface area contributed by atoms with E-state index in [4.69, 9.17) is 14.2 Å². The molecule has 1 amide bonds. The SMILES string of the molecule is CCOC(=O)NCc1cn(CCC(C)(C)OCCC(CC)OC(=O)CI)nn1. The van der Waals surface area contributed by atoms with Crippen molar-refractivity contribution in [3.63, 3.8) is 0 Å². The molecule has 1 unspecified atom stereocenters. The van der Waals surface area contributed by atoms with Gasteiger partial charge in [0.05, 0.1) is 36.0 Å². The lowest BCUT2D eigenvalue weighted by Gasteiger charge is -2.26. The first-order valence-electron chi connectivity index (χ1n) is 9.48. The molecule has 0 saturated heterocycles. The van der Waals surface area contributed by atoms with E-state index in [1.807, 2.05) is 43.4 Å². The predicted octanol–water partition coefficient (Wildman–Crippen LogP) is 2.86. The number of alkyl carbamates (subject to hydrolysis) is 1. The standard InChI is InChI=1S/C18H31IN4O5/c1-5-15(28-16(24)11-19)7-10-27-18(3,4)8-9-23-13-14(21-22-23)12-20-17(25)26-6-2/h13,15H,5-12H2,1-4H3,(H,20,25). The van der Waals surface area contributed by atoms with Gasteiger partial charge in [-0.2, -0.15) is 0 Å². The Balaban J connectivity index is 2.34. The molecule has 1 heterocycles. The second-order valence-electron chi connectivity index (χ2n) is 6.85. The molecule has 0 aliphatic rings. The maximum Gasteiger partial charge on any atom is 0.407 e. The van der Waals surface area contributed by atoms with Gasteiger partial charge in [-0.05, 0) is 33.6 Å². The van der Waals surface area contributed by atoms with E-state index in [9.17, 15) is 9.59 Å². The summed E-state index contributed by atoms with van der Waals surface area (Å²) in [4.78, 5) is 22.7. The Kier molecular flexibility index (Phi) is 11.4. The van der Waals surface area contributed by atoms with Crippen LogP contribution in [0.5, 0.6) is 0 Å². The van der Waals surface area contributed by atoms with E-state index in [0.29, 0.717) is 36.3 Å². The molecule has 0 saturated carbocycles. The first-order chi connectivity index (χ1) is 13.3. The van der Waals surface area contributed by atoms with Crippen molar-refractivity contribution in [1.82, 2.24) is 20.3 Å². The van der Waals surface area contributed by atoms with Gasteiger partial charge in [-0.3, -0.25) is 9.48 Å². The number of amides is 1. The fourth-order valence-electron chi connectivity index (χ4n) is 2.36. The van der Waals surface area contributed by atoms with Crippen molar-refractivity contribution in [3.8, 4) is 0 Å². The number of aromatic nitrogens is 3. The van der Waals surface area contributed by atoms with Gasteiger partial charge in [-0.15, -0.1) is 5.10 Å². The Morgan fingerprint density at radius 2 is 2.11 bits per heavy atom. The summed E-state index contributed by atoms with van der Waals surface area (Å²) in [5, 5.41) is 10.7. The van der Waals surface area contributed by atoms with Gasteiger partial charge in [-0.1, -0.05) is 34.7 Å². The maximum atomic E-state index is 11.4. The Labute approximate surface area is 180 Å². The van der Waals surface area contributed by atoms with E-state index in [-0.39, 0.29) is 24.2 Å². The van der Waals surface area contributed by atoms with E-state index in [1.165, 1.54) is 0 Å². The van der Waals surface area contributed by atoms with Crippen LogP contribution in [0.15, 0.2) is 6.20 Å². The van der Waals surface area contributed by atoms with Crippen LogP contribution in [0.3, 0.4) is 0 Å². The van der Waals surface area contributed by atoms with Gasteiger partial charge in [0, 0.05) is 13.0 Å². The van der Waals surface area contributed by atoms with Crippen LogP contribution in [0.25, 0.3) is 0 Å². The second-order valence-corrected chi connectivity index (χ2v) is 7.61. The largest absolute Gasteiger partial charge is 0.462 e. The number of nitrogens with one attached hydrogen (secondary N) is 1. The van der Waals surface area contributed by atoms with Gasteiger partial charge in [0.2, 0.25) is 0 Å². The van der Waals surface area contributed by atoms with Crippen molar-refractivity contribution in [2.24, 2.45) is 0 Å². The first-order valence-corrected chi connectivity index (χ1v) is 11.0. The molecule has 0 radical (unpaired) electrons. The zero-order valence-electron chi connectivity index (χ0n) is 17.1. The van der Waals surface area contributed by atoms with Gasteiger partial charge >= 0.3 is 12.1 Å². The lowest BCUT2D eigenvalue weighted by Crippen LogP contribution is -2.29. The van der Waals surface area contributed by atoms with E-state index in [0.717, 1.165) is 12.8 Å². The minimum atomic E-state index is -0.471. The predicted molar refractivity (Wildman–Crippen MR) is 112 cm³/mol. The summed E-state index contributed by atoms with van der Waals surface area (Å²) >= 11 is 2.00. The van der Waals surface area contributed by atoms with Gasteiger partial charge in [0.15, 0.2) is 0 Å². The summed E-state index contributed by atoms with van der Waals surface area (Å²) in [6.07, 6.45) is 3.40. The van der Waals surface area contributed by atoms with Crippen LogP contribution >= 0.6 is 22.6 Å². The van der Waals surface area contributed by atoms with Gasteiger partial charge in [0.1, 0.15) is 11.8 Å². The number of ether oxygens (including phenoxy) is 3. The highest BCUT2D eigenvalue weighted by atomic mass is 127. The average Bonchev–Trinajstić information content (AvgIpc) is 3.12.